The molecule has 17 heavy (non-hydrogen) atoms. The van der Waals surface area contributed by atoms with Crippen molar-refractivity contribution in [1.29, 1.82) is 0 Å². The molecule has 4 nitrogen and oxygen atoms in total. The smallest absolute Gasteiger partial charge is 0.265 e. The number of nitrogen functional groups attached to an aromatic ring is 1. The van der Waals surface area contributed by atoms with Crippen LogP contribution in [0.15, 0.2) is 18.2 Å². The summed E-state index contributed by atoms with van der Waals surface area (Å²) in [6.45, 7) is 1.99. The van der Waals surface area contributed by atoms with E-state index >= 15 is 0 Å². The van der Waals surface area contributed by atoms with Crippen molar-refractivity contribution in [1.82, 2.24) is 5.43 Å². The fourth-order valence-corrected chi connectivity index (χ4v) is 2.35. The molecule has 1 heterocycles. The molecule has 1 aliphatic heterocycles. The van der Waals surface area contributed by atoms with Crippen LogP contribution in [0.2, 0.25) is 5.02 Å². The molecule has 1 aromatic carbocycles. The average Bonchev–Trinajstić information content (AvgIpc) is 2.39. The Bertz CT molecular complexity index is 416. The topological polar surface area (TPSA) is 58.4 Å². The number of nitrogens with one attached hydrogen (secondary N) is 1. The lowest BCUT2D eigenvalue weighted by Gasteiger charge is -2.29. The lowest BCUT2D eigenvalue weighted by atomic mass is 10.1. The molecule has 2 rings (SSSR count). The molecule has 0 atom stereocenters. The molecule has 0 spiro atoms. The quantitative estimate of drug-likeness (QED) is 0.481. The second-order valence-corrected chi connectivity index (χ2v) is 4.59. The molecule has 5 heteroatoms. The van der Waals surface area contributed by atoms with E-state index in [1.807, 2.05) is 0 Å². The van der Waals surface area contributed by atoms with E-state index < -0.39 is 0 Å². The Labute approximate surface area is 106 Å². The van der Waals surface area contributed by atoms with Gasteiger partial charge in [0.2, 0.25) is 0 Å². The Kier molecular flexibility index (Phi) is 3.86. The molecule has 0 unspecified atom stereocenters. The number of hydrogen-bond acceptors (Lipinski definition) is 3. The van der Waals surface area contributed by atoms with Crippen molar-refractivity contribution in [3.63, 3.8) is 0 Å². The highest BCUT2D eigenvalue weighted by Crippen LogP contribution is 2.29. The van der Waals surface area contributed by atoms with Crippen molar-refractivity contribution in [2.45, 2.75) is 19.3 Å². The van der Waals surface area contributed by atoms with Gasteiger partial charge in [-0.15, -0.1) is 0 Å². The summed E-state index contributed by atoms with van der Waals surface area (Å²) >= 11 is 6.17. The van der Waals surface area contributed by atoms with Crippen LogP contribution in [0, 0.1) is 0 Å². The second kappa shape index (κ2) is 5.38. The average molecular weight is 254 g/mol. The standard InChI is InChI=1S/C12H16ClN3O/c13-10-5-4-9(12(17)15-14)8-11(10)16-6-2-1-3-7-16/h4-5,8H,1-3,6-7,14H2,(H,15,17). The fourth-order valence-electron chi connectivity index (χ4n) is 2.11. The summed E-state index contributed by atoms with van der Waals surface area (Å²) in [7, 11) is 0. The molecule has 0 aromatic heterocycles. The van der Waals surface area contributed by atoms with E-state index in [4.69, 9.17) is 17.4 Å². The molecular weight excluding hydrogens is 238 g/mol. The lowest BCUT2D eigenvalue weighted by molar-refractivity contribution is 0.0953. The van der Waals surface area contributed by atoms with Crippen LogP contribution in [-0.4, -0.2) is 19.0 Å². The third kappa shape index (κ3) is 2.70. The number of halogens is 1. The summed E-state index contributed by atoms with van der Waals surface area (Å²) in [4.78, 5) is 13.7. The van der Waals surface area contributed by atoms with E-state index in [2.05, 4.69) is 10.3 Å². The number of carbonyl (C=O) groups excluding carboxylic acids is 1. The highest BCUT2D eigenvalue weighted by Gasteiger charge is 2.15. The van der Waals surface area contributed by atoms with Crippen LogP contribution in [0.4, 0.5) is 5.69 Å². The maximum Gasteiger partial charge on any atom is 0.265 e. The van der Waals surface area contributed by atoms with Crippen LogP contribution < -0.4 is 16.2 Å². The molecular formula is C12H16ClN3O. The van der Waals surface area contributed by atoms with Crippen molar-refractivity contribution in [3.8, 4) is 0 Å². The number of nitrogens with zero attached hydrogens (tertiary/aromatic N) is 1. The molecule has 1 saturated heterocycles. The van der Waals surface area contributed by atoms with Gasteiger partial charge in [-0.2, -0.15) is 0 Å². The number of piperidine rings is 1. The number of nitrogens with two attached hydrogens (primary N) is 1. The molecule has 0 bridgehead atoms. The first kappa shape index (κ1) is 12.2. The highest BCUT2D eigenvalue weighted by atomic mass is 35.5. The van der Waals surface area contributed by atoms with Gasteiger partial charge in [-0.25, -0.2) is 5.84 Å². The van der Waals surface area contributed by atoms with E-state index in [-0.39, 0.29) is 5.91 Å². The van der Waals surface area contributed by atoms with Crippen molar-refractivity contribution in [2.75, 3.05) is 18.0 Å². The molecule has 1 aromatic rings. The summed E-state index contributed by atoms with van der Waals surface area (Å²) in [5, 5.41) is 0.681. The molecule has 0 radical (unpaired) electrons. The van der Waals surface area contributed by atoms with E-state index in [1.54, 1.807) is 18.2 Å². The molecule has 92 valence electrons. The molecule has 0 aliphatic carbocycles. The number of hydrazine groups is 1. The lowest BCUT2D eigenvalue weighted by Crippen LogP contribution is -2.32. The Balaban J connectivity index is 2.28. The maximum atomic E-state index is 11.5. The van der Waals surface area contributed by atoms with E-state index in [9.17, 15) is 4.79 Å². The number of anilines is 1. The van der Waals surface area contributed by atoms with E-state index in [1.165, 1.54) is 19.3 Å². The normalized spacial score (nSPS) is 15.8. The maximum absolute atomic E-state index is 11.5. The van der Waals surface area contributed by atoms with Gasteiger partial charge in [-0.3, -0.25) is 10.2 Å². The van der Waals surface area contributed by atoms with Crippen molar-refractivity contribution < 1.29 is 4.79 Å². The van der Waals surface area contributed by atoms with Crippen LogP contribution in [0.3, 0.4) is 0 Å². The monoisotopic (exact) mass is 253 g/mol. The minimum absolute atomic E-state index is 0.292. The minimum atomic E-state index is -0.292. The van der Waals surface area contributed by atoms with Crippen LogP contribution >= 0.6 is 11.6 Å². The zero-order chi connectivity index (χ0) is 12.3. The third-order valence-electron chi connectivity index (χ3n) is 3.04. The zero-order valence-corrected chi connectivity index (χ0v) is 10.3. The predicted molar refractivity (Wildman–Crippen MR) is 69.2 cm³/mol. The number of amides is 1. The number of rotatable bonds is 2. The van der Waals surface area contributed by atoms with E-state index in [0.717, 1.165) is 18.8 Å². The van der Waals surface area contributed by atoms with Gasteiger partial charge < -0.3 is 4.90 Å². The molecule has 1 amide bonds. The summed E-state index contributed by atoms with van der Waals surface area (Å²) in [6, 6.07) is 5.23. The predicted octanol–water partition coefficient (Wildman–Crippen LogP) is 1.93. The number of benzene rings is 1. The van der Waals surface area contributed by atoms with Crippen LogP contribution in [0.1, 0.15) is 29.6 Å². The first-order valence-corrected chi connectivity index (χ1v) is 6.15. The van der Waals surface area contributed by atoms with Gasteiger partial charge in [0.15, 0.2) is 0 Å². The second-order valence-electron chi connectivity index (χ2n) is 4.19. The molecule has 1 fully saturated rings. The van der Waals surface area contributed by atoms with Gasteiger partial charge in [0.05, 0.1) is 10.7 Å². The van der Waals surface area contributed by atoms with Gasteiger partial charge in [0, 0.05) is 18.7 Å². The fraction of sp³-hybridized carbons (Fsp3) is 0.417. The van der Waals surface area contributed by atoms with Gasteiger partial charge in [0.25, 0.3) is 5.91 Å². The molecule has 3 N–H and O–H groups in total. The highest BCUT2D eigenvalue weighted by molar-refractivity contribution is 6.33. The van der Waals surface area contributed by atoms with Gasteiger partial charge in [-0.1, -0.05) is 11.6 Å². The Morgan fingerprint density at radius 1 is 1.29 bits per heavy atom. The number of hydrogen-bond donors (Lipinski definition) is 2. The SMILES string of the molecule is NNC(=O)c1ccc(Cl)c(N2CCCCC2)c1. The van der Waals surface area contributed by atoms with E-state index in [0.29, 0.717) is 10.6 Å². The number of carbonyl (C=O) groups is 1. The molecule has 0 saturated carbocycles. The Morgan fingerprint density at radius 2 is 2.00 bits per heavy atom. The summed E-state index contributed by atoms with van der Waals surface area (Å²) in [6.07, 6.45) is 3.60. The summed E-state index contributed by atoms with van der Waals surface area (Å²) < 4.78 is 0. The first-order chi connectivity index (χ1) is 8.22. The minimum Gasteiger partial charge on any atom is -0.370 e. The van der Waals surface area contributed by atoms with Crippen molar-refractivity contribution in [2.24, 2.45) is 5.84 Å². The third-order valence-corrected chi connectivity index (χ3v) is 3.36. The van der Waals surface area contributed by atoms with Gasteiger partial charge in [-0.05, 0) is 37.5 Å². The van der Waals surface area contributed by atoms with Crippen molar-refractivity contribution >= 4 is 23.2 Å². The Hall–Kier alpha value is -1.26. The van der Waals surface area contributed by atoms with Crippen LogP contribution in [0.5, 0.6) is 0 Å². The first-order valence-electron chi connectivity index (χ1n) is 5.78. The summed E-state index contributed by atoms with van der Waals surface area (Å²) in [5.74, 6) is 4.83. The molecule has 1 aliphatic rings. The zero-order valence-electron chi connectivity index (χ0n) is 9.58. The van der Waals surface area contributed by atoms with Crippen molar-refractivity contribution in [3.05, 3.63) is 28.8 Å². The largest absolute Gasteiger partial charge is 0.370 e. The van der Waals surface area contributed by atoms with Gasteiger partial charge >= 0.3 is 0 Å². The van der Waals surface area contributed by atoms with Crippen LogP contribution in [-0.2, 0) is 0 Å². The Morgan fingerprint density at radius 3 is 2.65 bits per heavy atom. The summed E-state index contributed by atoms with van der Waals surface area (Å²) in [5.41, 5.74) is 3.59. The van der Waals surface area contributed by atoms with Gasteiger partial charge in [0.1, 0.15) is 0 Å². The van der Waals surface area contributed by atoms with Crippen LogP contribution in [0.25, 0.3) is 0 Å².